The standard InChI is InChI=1S/C28H24/c1-16(2)25-17(3)8-13-23-24(25)15-21-12-10-18-9-11-20-14-19-6-4-5-7-22(19)26(20)28(18)27(21)23/h4-13,16H,14-15H2,1-3H3. The number of rotatable bonds is 1. The van der Waals surface area contributed by atoms with E-state index in [4.69, 9.17) is 0 Å². The first kappa shape index (κ1) is 16.1. The van der Waals surface area contributed by atoms with Gasteiger partial charge in [0.25, 0.3) is 0 Å². The molecular weight excluding hydrogens is 336 g/mol. The van der Waals surface area contributed by atoms with Crippen LogP contribution in [0.15, 0.2) is 60.7 Å². The summed E-state index contributed by atoms with van der Waals surface area (Å²) >= 11 is 0. The molecule has 0 saturated heterocycles. The van der Waals surface area contributed by atoms with Gasteiger partial charge in [0.2, 0.25) is 0 Å². The van der Waals surface area contributed by atoms with Crippen molar-refractivity contribution >= 4 is 10.8 Å². The zero-order valence-corrected chi connectivity index (χ0v) is 16.8. The number of benzene rings is 4. The Kier molecular flexibility index (Phi) is 3.21. The van der Waals surface area contributed by atoms with Crippen molar-refractivity contribution in [2.24, 2.45) is 0 Å². The Morgan fingerprint density at radius 3 is 2.18 bits per heavy atom. The average molecular weight is 361 g/mol. The van der Waals surface area contributed by atoms with Gasteiger partial charge in [-0.2, -0.15) is 0 Å². The predicted molar refractivity (Wildman–Crippen MR) is 119 cm³/mol. The van der Waals surface area contributed by atoms with E-state index < -0.39 is 0 Å². The molecule has 0 fully saturated rings. The zero-order chi connectivity index (χ0) is 19.0. The molecule has 2 aliphatic rings. The summed E-state index contributed by atoms with van der Waals surface area (Å²) in [4.78, 5) is 0. The number of hydrogen-bond donors (Lipinski definition) is 0. The second-order valence-corrected chi connectivity index (χ2v) is 8.79. The van der Waals surface area contributed by atoms with Crippen molar-refractivity contribution in [3.8, 4) is 22.3 Å². The van der Waals surface area contributed by atoms with E-state index in [9.17, 15) is 0 Å². The molecule has 2 aliphatic carbocycles. The summed E-state index contributed by atoms with van der Waals surface area (Å²) in [6.07, 6.45) is 2.13. The minimum absolute atomic E-state index is 0.557. The predicted octanol–water partition coefficient (Wildman–Crippen LogP) is 7.41. The van der Waals surface area contributed by atoms with Crippen LogP contribution in [0.4, 0.5) is 0 Å². The number of fused-ring (bicyclic) bond motifs is 9. The molecule has 0 heterocycles. The molecular formula is C28H24. The van der Waals surface area contributed by atoms with Crippen molar-refractivity contribution in [3.05, 3.63) is 94.0 Å². The summed E-state index contributed by atoms with van der Waals surface area (Å²) in [7, 11) is 0. The normalized spacial score (nSPS) is 13.6. The van der Waals surface area contributed by atoms with Crippen LogP contribution in [0.5, 0.6) is 0 Å². The van der Waals surface area contributed by atoms with Gasteiger partial charge < -0.3 is 0 Å². The molecule has 6 rings (SSSR count). The Labute approximate surface area is 166 Å². The van der Waals surface area contributed by atoms with Crippen LogP contribution < -0.4 is 0 Å². The van der Waals surface area contributed by atoms with Crippen molar-refractivity contribution in [1.82, 2.24) is 0 Å². The van der Waals surface area contributed by atoms with Gasteiger partial charge in [-0.25, -0.2) is 0 Å². The van der Waals surface area contributed by atoms with Gasteiger partial charge in [0, 0.05) is 0 Å². The van der Waals surface area contributed by atoms with Gasteiger partial charge in [0.05, 0.1) is 0 Å². The molecule has 0 saturated carbocycles. The molecule has 0 bridgehead atoms. The first-order chi connectivity index (χ1) is 13.6. The first-order valence-electron chi connectivity index (χ1n) is 10.4. The van der Waals surface area contributed by atoms with E-state index in [0.29, 0.717) is 5.92 Å². The highest BCUT2D eigenvalue weighted by molar-refractivity contribution is 6.11. The molecule has 0 aliphatic heterocycles. The van der Waals surface area contributed by atoms with Gasteiger partial charge in [-0.05, 0) is 92.1 Å². The summed E-state index contributed by atoms with van der Waals surface area (Å²) in [5.41, 5.74) is 14.8. The fourth-order valence-electron chi connectivity index (χ4n) is 5.74. The van der Waals surface area contributed by atoms with Gasteiger partial charge in [0.15, 0.2) is 0 Å². The first-order valence-corrected chi connectivity index (χ1v) is 10.4. The summed E-state index contributed by atoms with van der Waals surface area (Å²) in [6.45, 7) is 6.93. The van der Waals surface area contributed by atoms with Crippen LogP contribution in [0.25, 0.3) is 33.0 Å². The molecule has 0 aromatic heterocycles. The van der Waals surface area contributed by atoms with Gasteiger partial charge in [-0.3, -0.25) is 0 Å². The van der Waals surface area contributed by atoms with E-state index in [1.807, 2.05) is 0 Å². The molecule has 4 aromatic rings. The largest absolute Gasteiger partial charge is 0.0619 e. The molecule has 0 unspecified atom stereocenters. The number of aryl methyl sites for hydroxylation is 1. The fourth-order valence-corrected chi connectivity index (χ4v) is 5.74. The van der Waals surface area contributed by atoms with Crippen molar-refractivity contribution in [3.63, 3.8) is 0 Å². The maximum Gasteiger partial charge on any atom is -0.00103 e. The maximum atomic E-state index is 2.38. The Hall–Kier alpha value is -2.86. The van der Waals surface area contributed by atoms with E-state index >= 15 is 0 Å². The topological polar surface area (TPSA) is 0 Å². The Morgan fingerprint density at radius 2 is 1.39 bits per heavy atom. The fraction of sp³-hybridized carbons (Fsp3) is 0.214. The third-order valence-corrected chi connectivity index (χ3v) is 6.82. The van der Waals surface area contributed by atoms with Crippen LogP contribution in [0.3, 0.4) is 0 Å². The average Bonchev–Trinajstić information content (AvgIpc) is 3.25. The van der Waals surface area contributed by atoms with Gasteiger partial charge in [-0.1, -0.05) is 74.5 Å². The zero-order valence-electron chi connectivity index (χ0n) is 16.8. The van der Waals surface area contributed by atoms with Crippen LogP contribution in [0.1, 0.15) is 53.1 Å². The van der Waals surface area contributed by atoms with Gasteiger partial charge >= 0.3 is 0 Å². The van der Waals surface area contributed by atoms with E-state index in [-0.39, 0.29) is 0 Å². The lowest BCUT2D eigenvalue weighted by atomic mass is 9.88. The molecule has 0 heteroatoms. The minimum Gasteiger partial charge on any atom is -0.0619 e. The summed E-state index contributed by atoms with van der Waals surface area (Å²) in [6, 6.07) is 23.0. The van der Waals surface area contributed by atoms with Crippen LogP contribution in [0.2, 0.25) is 0 Å². The van der Waals surface area contributed by atoms with Crippen molar-refractivity contribution < 1.29 is 0 Å². The molecule has 28 heavy (non-hydrogen) atoms. The van der Waals surface area contributed by atoms with Crippen molar-refractivity contribution in [2.45, 2.75) is 39.5 Å². The lowest BCUT2D eigenvalue weighted by molar-refractivity contribution is 0.842. The SMILES string of the molecule is Cc1ccc2c(c1C(C)C)Cc1ccc3ccc4c(c3c1-2)-c1ccccc1C4. The van der Waals surface area contributed by atoms with Crippen molar-refractivity contribution in [2.75, 3.05) is 0 Å². The molecule has 0 atom stereocenters. The van der Waals surface area contributed by atoms with Crippen LogP contribution in [-0.4, -0.2) is 0 Å². The molecule has 0 N–H and O–H groups in total. The van der Waals surface area contributed by atoms with E-state index in [2.05, 4.69) is 81.4 Å². The summed E-state index contributed by atoms with van der Waals surface area (Å²) < 4.78 is 0. The lowest BCUT2D eigenvalue weighted by Crippen LogP contribution is -1.98. The van der Waals surface area contributed by atoms with E-state index in [1.165, 1.54) is 55.3 Å². The molecule has 0 nitrogen and oxygen atoms in total. The molecule has 136 valence electrons. The Morgan fingerprint density at radius 1 is 0.679 bits per heavy atom. The van der Waals surface area contributed by atoms with E-state index in [1.54, 1.807) is 11.1 Å². The third kappa shape index (κ3) is 2.01. The Bertz CT molecular complexity index is 1290. The molecule has 0 spiro atoms. The van der Waals surface area contributed by atoms with Crippen LogP contribution >= 0.6 is 0 Å². The van der Waals surface area contributed by atoms with Gasteiger partial charge in [-0.15, -0.1) is 0 Å². The monoisotopic (exact) mass is 360 g/mol. The molecule has 0 radical (unpaired) electrons. The second-order valence-electron chi connectivity index (χ2n) is 8.79. The third-order valence-electron chi connectivity index (χ3n) is 6.82. The van der Waals surface area contributed by atoms with Gasteiger partial charge in [0.1, 0.15) is 0 Å². The highest BCUT2D eigenvalue weighted by Gasteiger charge is 2.28. The quantitative estimate of drug-likeness (QED) is 0.286. The smallest absolute Gasteiger partial charge is 0.00103 e. The lowest BCUT2D eigenvalue weighted by Gasteiger charge is -2.16. The number of hydrogen-bond acceptors (Lipinski definition) is 0. The van der Waals surface area contributed by atoms with Crippen LogP contribution in [-0.2, 0) is 12.8 Å². The second kappa shape index (κ2) is 5.58. The highest BCUT2D eigenvalue weighted by atomic mass is 14.3. The highest BCUT2D eigenvalue weighted by Crippen LogP contribution is 2.50. The summed E-state index contributed by atoms with van der Waals surface area (Å²) in [5, 5.41) is 2.84. The molecule has 0 amide bonds. The summed E-state index contributed by atoms with van der Waals surface area (Å²) in [5.74, 6) is 0.557. The Balaban J connectivity index is 1.74. The van der Waals surface area contributed by atoms with Crippen molar-refractivity contribution in [1.29, 1.82) is 0 Å². The van der Waals surface area contributed by atoms with E-state index in [0.717, 1.165) is 12.8 Å². The van der Waals surface area contributed by atoms with Crippen LogP contribution in [0, 0.1) is 6.92 Å². The minimum atomic E-state index is 0.557. The molecule has 4 aromatic carbocycles. The maximum absolute atomic E-state index is 2.38.